The van der Waals surface area contributed by atoms with Gasteiger partial charge in [0.25, 0.3) is 0 Å². The molecule has 1 N–H and O–H groups in total. The number of hydrogen-bond donors (Lipinski definition) is 1. The van der Waals surface area contributed by atoms with Crippen molar-refractivity contribution in [3.05, 3.63) is 29.8 Å². The Morgan fingerprint density at radius 3 is 2.50 bits per heavy atom. The molecule has 1 atom stereocenters. The second-order valence-corrected chi connectivity index (χ2v) is 6.43. The highest BCUT2D eigenvalue weighted by molar-refractivity contribution is 5.28. The minimum atomic E-state index is -0.397. The summed E-state index contributed by atoms with van der Waals surface area (Å²) in [4.78, 5) is 4.59. The van der Waals surface area contributed by atoms with Crippen LogP contribution in [0.4, 0.5) is 0 Å². The van der Waals surface area contributed by atoms with Crippen molar-refractivity contribution >= 4 is 0 Å². The molecule has 0 spiro atoms. The molecular formula is C18H30N2O2. The van der Waals surface area contributed by atoms with Gasteiger partial charge in [0.05, 0.1) is 12.7 Å². The second kappa shape index (κ2) is 9.13. The second-order valence-electron chi connectivity index (χ2n) is 6.43. The lowest BCUT2D eigenvalue weighted by Crippen LogP contribution is -2.21. The van der Waals surface area contributed by atoms with E-state index in [1.54, 1.807) is 0 Å². The molecule has 1 unspecified atom stereocenters. The van der Waals surface area contributed by atoms with E-state index in [4.69, 9.17) is 4.74 Å². The third kappa shape index (κ3) is 5.95. The van der Waals surface area contributed by atoms with Crippen LogP contribution in [-0.4, -0.2) is 61.8 Å². The summed E-state index contributed by atoms with van der Waals surface area (Å²) >= 11 is 0. The number of ether oxygens (including phenoxy) is 1. The summed E-state index contributed by atoms with van der Waals surface area (Å²) in [6.07, 6.45) is 4.12. The summed E-state index contributed by atoms with van der Waals surface area (Å²) in [5, 5.41) is 10.1. The van der Waals surface area contributed by atoms with Crippen LogP contribution in [0.15, 0.2) is 24.3 Å². The van der Waals surface area contributed by atoms with Crippen LogP contribution in [0.5, 0.6) is 5.75 Å². The Hall–Kier alpha value is -1.10. The summed E-state index contributed by atoms with van der Waals surface area (Å²) in [5.74, 6) is 0.894. The topological polar surface area (TPSA) is 35.9 Å². The molecule has 0 radical (unpaired) electrons. The number of rotatable bonds is 9. The Labute approximate surface area is 134 Å². The highest BCUT2D eigenvalue weighted by atomic mass is 16.5. The van der Waals surface area contributed by atoms with Gasteiger partial charge in [0.15, 0.2) is 0 Å². The molecular weight excluding hydrogens is 276 g/mol. The van der Waals surface area contributed by atoms with Crippen LogP contribution in [0.2, 0.25) is 0 Å². The van der Waals surface area contributed by atoms with Gasteiger partial charge in [-0.15, -0.1) is 0 Å². The first kappa shape index (κ1) is 17.3. The number of nitrogens with zero attached hydrogens (tertiary/aromatic N) is 2. The van der Waals surface area contributed by atoms with Crippen LogP contribution < -0.4 is 4.74 Å². The zero-order valence-corrected chi connectivity index (χ0v) is 14.0. The molecule has 1 fully saturated rings. The van der Waals surface area contributed by atoms with Crippen molar-refractivity contribution in [2.24, 2.45) is 0 Å². The predicted molar refractivity (Wildman–Crippen MR) is 90.4 cm³/mol. The van der Waals surface area contributed by atoms with E-state index < -0.39 is 6.10 Å². The Morgan fingerprint density at radius 1 is 1.18 bits per heavy atom. The maximum absolute atomic E-state index is 10.1. The standard InChI is InChI=1S/C18H30N2O2/c1-19(2)14-10-18(21)16-6-8-17(9-7-16)22-15-5-13-20-11-3-4-12-20/h6-9,18,21H,3-5,10-15H2,1-2H3. The average molecular weight is 306 g/mol. The minimum absolute atomic E-state index is 0.397. The van der Waals surface area contributed by atoms with Crippen molar-refractivity contribution in [1.82, 2.24) is 9.80 Å². The third-order valence-corrected chi connectivity index (χ3v) is 4.20. The largest absolute Gasteiger partial charge is 0.494 e. The lowest BCUT2D eigenvalue weighted by atomic mass is 10.1. The Balaban J connectivity index is 1.67. The van der Waals surface area contributed by atoms with Crippen LogP contribution >= 0.6 is 0 Å². The zero-order chi connectivity index (χ0) is 15.8. The van der Waals surface area contributed by atoms with Gasteiger partial charge in [-0.05, 0) is 70.6 Å². The molecule has 22 heavy (non-hydrogen) atoms. The van der Waals surface area contributed by atoms with E-state index in [2.05, 4.69) is 9.80 Å². The van der Waals surface area contributed by atoms with E-state index in [1.807, 2.05) is 38.4 Å². The Morgan fingerprint density at radius 2 is 1.86 bits per heavy atom. The van der Waals surface area contributed by atoms with Gasteiger partial charge in [-0.25, -0.2) is 0 Å². The highest BCUT2D eigenvalue weighted by Gasteiger charge is 2.10. The third-order valence-electron chi connectivity index (χ3n) is 4.20. The lowest BCUT2D eigenvalue weighted by Gasteiger charge is -2.16. The molecule has 0 aromatic heterocycles. The highest BCUT2D eigenvalue weighted by Crippen LogP contribution is 2.20. The number of likely N-dealkylation sites (tertiary alicyclic amines) is 1. The molecule has 1 saturated heterocycles. The van der Waals surface area contributed by atoms with Crippen LogP contribution in [-0.2, 0) is 0 Å². The fourth-order valence-corrected chi connectivity index (χ4v) is 2.82. The summed E-state index contributed by atoms with van der Waals surface area (Å²) in [5.41, 5.74) is 0.964. The van der Waals surface area contributed by atoms with Crippen molar-refractivity contribution in [2.45, 2.75) is 31.8 Å². The van der Waals surface area contributed by atoms with E-state index in [1.165, 1.54) is 25.9 Å². The molecule has 124 valence electrons. The maximum atomic E-state index is 10.1. The molecule has 2 rings (SSSR count). The summed E-state index contributed by atoms with van der Waals surface area (Å²) in [6, 6.07) is 7.86. The molecule has 0 aliphatic carbocycles. The number of benzene rings is 1. The van der Waals surface area contributed by atoms with Crippen molar-refractivity contribution < 1.29 is 9.84 Å². The van der Waals surface area contributed by atoms with E-state index >= 15 is 0 Å². The Bertz CT molecular complexity index is 414. The predicted octanol–water partition coefficient (Wildman–Crippen LogP) is 2.54. The van der Waals surface area contributed by atoms with Crippen LogP contribution in [0.1, 0.15) is 37.4 Å². The number of hydrogen-bond acceptors (Lipinski definition) is 4. The van der Waals surface area contributed by atoms with Crippen LogP contribution in [0.25, 0.3) is 0 Å². The van der Waals surface area contributed by atoms with E-state index in [9.17, 15) is 5.11 Å². The van der Waals surface area contributed by atoms with Crippen molar-refractivity contribution in [3.8, 4) is 5.75 Å². The first-order valence-electron chi connectivity index (χ1n) is 8.43. The summed E-state index contributed by atoms with van der Waals surface area (Å²) < 4.78 is 5.78. The molecule has 4 heteroatoms. The fourth-order valence-electron chi connectivity index (χ4n) is 2.82. The molecule has 1 aliphatic rings. The smallest absolute Gasteiger partial charge is 0.119 e. The maximum Gasteiger partial charge on any atom is 0.119 e. The minimum Gasteiger partial charge on any atom is -0.494 e. The van der Waals surface area contributed by atoms with E-state index in [0.29, 0.717) is 0 Å². The number of aliphatic hydroxyl groups excluding tert-OH is 1. The zero-order valence-electron chi connectivity index (χ0n) is 14.0. The van der Waals surface area contributed by atoms with Gasteiger partial charge >= 0.3 is 0 Å². The summed E-state index contributed by atoms with van der Waals surface area (Å²) in [6.45, 7) is 5.29. The van der Waals surface area contributed by atoms with Crippen LogP contribution in [0, 0.1) is 0 Å². The molecule has 0 saturated carbocycles. The summed E-state index contributed by atoms with van der Waals surface area (Å²) in [7, 11) is 4.04. The van der Waals surface area contributed by atoms with E-state index in [-0.39, 0.29) is 0 Å². The first-order valence-corrected chi connectivity index (χ1v) is 8.43. The molecule has 1 aliphatic heterocycles. The Kier molecular flexibility index (Phi) is 7.16. The molecule has 0 bridgehead atoms. The average Bonchev–Trinajstić information content (AvgIpc) is 3.03. The van der Waals surface area contributed by atoms with Gasteiger partial charge in [0, 0.05) is 13.1 Å². The molecule has 1 heterocycles. The first-order chi connectivity index (χ1) is 10.6. The monoisotopic (exact) mass is 306 g/mol. The van der Waals surface area contributed by atoms with Crippen LogP contribution in [0.3, 0.4) is 0 Å². The van der Waals surface area contributed by atoms with Gasteiger partial charge in [-0.3, -0.25) is 0 Å². The van der Waals surface area contributed by atoms with Crippen molar-refractivity contribution in [3.63, 3.8) is 0 Å². The van der Waals surface area contributed by atoms with Gasteiger partial charge < -0.3 is 19.6 Å². The fraction of sp³-hybridized carbons (Fsp3) is 0.667. The normalized spacial score (nSPS) is 17.1. The van der Waals surface area contributed by atoms with Crippen molar-refractivity contribution in [2.75, 3.05) is 46.9 Å². The van der Waals surface area contributed by atoms with Crippen molar-refractivity contribution in [1.29, 1.82) is 0 Å². The molecule has 1 aromatic rings. The number of aliphatic hydroxyl groups is 1. The molecule has 4 nitrogen and oxygen atoms in total. The quantitative estimate of drug-likeness (QED) is 0.711. The SMILES string of the molecule is CN(C)CCC(O)c1ccc(OCCCN2CCCC2)cc1. The van der Waals surface area contributed by atoms with Gasteiger partial charge in [-0.1, -0.05) is 12.1 Å². The lowest BCUT2D eigenvalue weighted by molar-refractivity contribution is 0.154. The van der Waals surface area contributed by atoms with E-state index in [0.717, 1.165) is 43.9 Å². The molecule has 0 amide bonds. The molecule has 1 aromatic carbocycles. The van der Waals surface area contributed by atoms with Gasteiger partial charge in [0.1, 0.15) is 5.75 Å². The van der Waals surface area contributed by atoms with Gasteiger partial charge in [0.2, 0.25) is 0 Å². The van der Waals surface area contributed by atoms with Gasteiger partial charge in [-0.2, -0.15) is 0 Å².